The Bertz CT molecular complexity index is 699. The third-order valence-corrected chi connectivity index (χ3v) is 3.33. The fourth-order valence-corrected chi connectivity index (χ4v) is 2.07. The van der Waals surface area contributed by atoms with Gasteiger partial charge in [0.2, 0.25) is 0 Å². The molecular formula is C17H17ClN2O2. The number of amides is 1. The number of carbonyl (C=O) groups is 1. The summed E-state index contributed by atoms with van der Waals surface area (Å²) < 4.78 is 5.47. The Labute approximate surface area is 134 Å². The number of rotatable bonds is 5. The largest absolute Gasteiger partial charge is 0.483 e. The van der Waals surface area contributed by atoms with Gasteiger partial charge in [0, 0.05) is 10.6 Å². The highest BCUT2D eigenvalue weighted by Gasteiger charge is 2.04. The lowest BCUT2D eigenvalue weighted by atomic mass is 10.1. The van der Waals surface area contributed by atoms with Crippen LogP contribution in [0.15, 0.2) is 47.6 Å². The number of aryl methyl sites for hydroxylation is 2. The molecule has 1 N–H and O–H groups in total. The lowest BCUT2D eigenvalue weighted by Gasteiger charge is -2.08. The van der Waals surface area contributed by atoms with Gasteiger partial charge < -0.3 is 4.74 Å². The number of benzene rings is 2. The summed E-state index contributed by atoms with van der Waals surface area (Å²) in [6, 6.07) is 13.0. The maximum Gasteiger partial charge on any atom is 0.277 e. The second kappa shape index (κ2) is 7.61. The Balaban J connectivity index is 1.84. The minimum absolute atomic E-state index is 0.0935. The number of carbonyl (C=O) groups excluding carboxylic acids is 1. The minimum atomic E-state index is -0.330. The average molecular weight is 317 g/mol. The van der Waals surface area contributed by atoms with Crippen molar-refractivity contribution in [1.82, 2.24) is 5.43 Å². The molecule has 0 spiro atoms. The first kappa shape index (κ1) is 16.0. The molecule has 0 aliphatic carbocycles. The summed E-state index contributed by atoms with van der Waals surface area (Å²) in [7, 11) is 0. The van der Waals surface area contributed by atoms with E-state index in [0.29, 0.717) is 10.8 Å². The van der Waals surface area contributed by atoms with E-state index in [9.17, 15) is 4.79 Å². The van der Waals surface area contributed by atoms with Crippen LogP contribution in [0.4, 0.5) is 0 Å². The van der Waals surface area contributed by atoms with E-state index < -0.39 is 0 Å². The molecule has 5 heteroatoms. The molecule has 0 unspecified atom stereocenters. The number of halogens is 1. The number of hydrazone groups is 1. The van der Waals surface area contributed by atoms with Crippen molar-refractivity contribution >= 4 is 23.7 Å². The van der Waals surface area contributed by atoms with Gasteiger partial charge in [-0.3, -0.25) is 4.79 Å². The predicted molar refractivity (Wildman–Crippen MR) is 88.6 cm³/mol. The Morgan fingerprint density at radius 2 is 2.05 bits per heavy atom. The summed E-state index contributed by atoms with van der Waals surface area (Å²) in [4.78, 5) is 11.7. The predicted octanol–water partition coefficient (Wildman–Crippen LogP) is 3.49. The lowest BCUT2D eigenvalue weighted by molar-refractivity contribution is -0.123. The monoisotopic (exact) mass is 316 g/mol. The normalized spacial score (nSPS) is 10.7. The topological polar surface area (TPSA) is 50.7 Å². The highest BCUT2D eigenvalue weighted by atomic mass is 35.5. The van der Waals surface area contributed by atoms with E-state index in [4.69, 9.17) is 16.3 Å². The summed E-state index contributed by atoms with van der Waals surface area (Å²) >= 11 is 5.98. The number of hydrogen-bond donors (Lipinski definition) is 1. The Morgan fingerprint density at radius 3 is 2.77 bits per heavy atom. The van der Waals surface area contributed by atoms with E-state index in [1.54, 1.807) is 6.07 Å². The molecule has 0 aliphatic rings. The number of nitrogens with one attached hydrogen (secondary N) is 1. The van der Waals surface area contributed by atoms with Crippen molar-refractivity contribution in [2.75, 3.05) is 6.61 Å². The van der Waals surface area contributed by atoms with Crippen LogP contribution in [0.2, 0.25) is 5.02 Å². The van der Waals surface area contributed by atoms with Gasteiger partial charge in [-0.1, -0.05) is 47.5 Å². The maximum absolute atomic E-state index is 11.7. The van der Waals surface area contributed by atoms with E-state index >= 15 is 0 Å². The van der Waals surface area contributed by atoms with Crippen LogP contribution >= 0.6 is 11.6 Å². The molecule has 0 radical (unpaired) electrons. The van der Waals surface area contributed by atoms with Crippen molar-refractivity contribution < 1.29 is 9.53 Å². The van der Waals surface area contributed by atoms with Crippen molar-refractivity contribution in [3.05, 3.63) is 64.2 Å². The molecule has 2 aromatic rings. The molecule has 22 heavy (non-hydrogen) atoms. The van der Waals surface area contributed by atoms with E-state index in [0.717, 1.165) is 16.7 Å². The molecule has 0 aliphatic heterocycles. The highest BCUT2D eigenvalue weighted by molar-refractivity contribution is 6.33. The van der Waals surface area contributed by atoms with Crippen LogP contribution in [-0.2, 0) is 4.79 Å². The van der Waals surface area contributed by atoms with Crippen LogP contribution in [0, 0.1) is 13.8 Å². The van der Waals surface area contributed by atoms with Gasteiger partial charge in [0.1, 0.15) is 5.75 Å². The quantitative estimate of drug-likeness (QED) is 0.678. The summed E-state index contributed by atoms with van der Waals surface area (Å²) in [6.07, 6.45) is 1.50. The first-order chi connectivity index (χ1) is 10.6. The zero-order chi connectivity index (χ0) is 15.9. The van der Waals surface area contributed by atoms with Gasteiger partial charge in [-0.05, 0) is 31.5 Å². The summed E-state index contributed by atoms with van der Waals surface area (Å²) in [5.74, 6) is 0.360. The SMILES string of the molecule is Cc1ccc(OCC(=O)NN=Cc2ccccc2Cl)c(C)c1. The molecule has 0 saturated carbocycles. The van der Waals surface area contributed by atoms with Gasteiger partial charge in [0.25, 0.3) is 5.91 Å². The van der Waals surface area contributed by atoms with E-state index in [1.165, 1.54) is 6.21 Å². The third-order valence-electron chi connectivity index (χ3n) is 2.99. The van der Waals surface area contributed by atoms with E-state index in [2.05, 4.69) is 10.5 Å². The number of ether oxygens (including phenoxy) is 1. The van der Waals surface area contributed by atoms with Crippen LogP contribution in [0.1, 0.15) is 16.7 Å². The molecule has 0 heterocycles. The van der Waals surface area contributed by atoms with Crippen molar-refractivity contribution in [2.45, 2.75) is 13.8 Å². The molecule has 1 amide bonds. The van der Waals surface area contributed by atoms with Crippen LogP contribution in [0.5, 0.6) is 5.75 Å². The molecule has 4 nitrogen and oxygen atoms in total. The van der Waals surface area contributed by atoms with Crippen molar-refractivity contribution in [1.29, 1.82) is 0 Å². The van der Waals surface area contributed by atoms with Gasteiger partial charge in [-0.25, -0.2) is 5.43 Å². The van der Waals surface area contributed by atoms with Crippen molar-refractivity contribution in [2.24, 2.45) is 5.10 Å². The summed E-state index contributed by atoms with van der Waals surface area (Å²) in [5, 5.41) is 4.44. The fourth-order valence-electron chi connectivity index (χ4n) is 1.89. The second-order valence-electron chi connectivity index (χ2n) is 4.87. The van der Waals surface area contributed by atoms with Crippen LogP contribution in [0.25, 0.3) is 0 Å². The molecule has 0 bridgehead atoms. The van der Waals surface area contributed by atoms with E-state index in [-0.39, 0.29) is 12.5 Å². The second-order valence-corrected chi connectivity index (χ2v) is 5.28. The number of hydrogen-bond acceptors (Lipinski definition) is 3. The molecule has 114 valence electrons. The fraction of sp³-hybridized carbons (Fsp3) is 0.176. The smallest absolute Gasteiger partial charge is 0.277 e. The van der Waals surface area contributed by atoms with Gasteiger partial charge in [-0.15, -0.1) is 0 Å². The maximum atomic E-state index is 11.7. The first-order valence-corrected chi connectivity index (χ1v) is 7.20. The van der Waals surface area contributed by atoms with Gasteiger partial charge in [0.15, 0.2) is 6.61 Å². The highest BCUT2D eigenvalue weighted by Crippen LogP contribution is 2.18. The average Bonchev–Trinajstić information content (AvgIpc) is 2.48. The molecule has 0 saturated heterocycles. The van der Waals surface area contributed by atoms with Crippen LogP contribution in [-0.4, -0.2) is 18.7 Å². The van der Waals surface area contributed by atoms with Gasteiger partial charge in [-0.2, -0.15) is 5.10 Å². The molecule has 0 fully saturated rings. The lowest BCUT2D eigenvalue weighted by Crippen LogP contribution is -2.24. The number of nitrogens with zero attached hydrogens (tertiary/aromatic N) is 1. The minimum Gasteiger partial charge on any atom is -0.483 e. The van der Waals surface area contributed by atoms with Gasteiger partial charge >= 0.3 is 0 Å². The van der Waals surface area contributed by atoms with E-state index in [1.807, 2.05) is 50.2 Å². The Hall–Kier alpha value is -2.33. The Kier molecular flexibility index (Phi) is 5.55. The molecular weight excluding hydrogens is 300 g/mol. The third kappa shape index (κ3) is 4.60. The van der Waals surface area contributed by atoms with Crippen LogP contribution in [0.3, 0.4) is 0 Å². The summed E-state index contributed by atoms with van der Waals surface area (Å²) in [6.45, 7) is 3.85. The molecule has 0 atom stereocenters. The van der Waals surface area contributed by atoms with Crippen molar-refractivity contribution in [3.63, 3.8) is 0 Å². The molecule has 2 rings (SSSR count). The van der Waals surface area contributed by atoms with Crippen LogP contribution < -0.4 is 10.2 Å². The zero-order valence-electron chi connectivity index (χ0n) is 12.5. The van der Waals surface area contributed by atoms with Gasteiger partial charge in [0.05, 0.1) is 6.21 Å². The summed E-state index contributed by atoms with van der Waals surface area (Å²) in [5.41, 5.74) is 5.29. The Morgan fingerprint density at radius 1 is 1.27 bits per heavy atom. The standard InChI is InChI=1S/C17H17ClN2O2/c1-12-7-8-16(13(2)9-12)22-11-17(21)20-19-10-14-5-3-4-6-15(14)18/h3-10H,11H2,1-2H3,(H,20,21). The van der Waals surface area contributed by atoms with Crippen molar-refractivity contribution in [3.8, 4) is 5.75 Å². The first-order valence-electron chi connectivity index (χ1n) is 6.83. The molecule has 2 aromatic carbocycles. The zero-order valence-corrected chi connectivity index (χ0v) is 13.2. The molecule has 0 aromatic heterocycles.